The summed E-state index contributed by atoms with van der Waals surface area (Å²) in [6.45, 7) is 0. The summed E-state index contributed by atoms with van der Waals surface area (Å²) in [7, 11) is 3.12. The molecule has 5 nitrogen and oxygen atoms in total. The summed E-state index contributed by atoms with van der Waals surface area (Å²) in [4.78, 5) is 12.4. The minimum Gasteiger partial charge on any atom is -0.495 e. The third-order valence-corrected chi connectivity index (χ3v) is 4.60. The van der Waals surface area contributed by atoms with Crippen LogP contribution in [0.5, 0.6) is 11.5 Å². The Morgan fingerprint density at radius 3 is 2.14 bits per heavy atom. The van der Waals surface area contributed by atoms with E-state index in [0.29, 0.717) is 21.5 Å². The molecule has 0 atom stereocenters. The molecule has 1 aliphatic carbocycles. The Bertz CT molecular complexity index is 495. The van der Waals surface area contributed by atoms with Gasteiger partial charge in [-0.05, 0) is 53.7 Å². The predicted molar refractivity (Wildman–Crippen MR) is 92.2 cm³/mol. The van der Waals surface area contributed by atoms with Gasteiger partial charge in [0.2, 0.25) is 0 Å². The molecule has 0 aromatic heterocycles. The first kappa shape index (κ1) is 19.1. The van der Waals surface area contributed by atoms with Gasteiger partial charge in [0.15, 0.2) is 0 Å². The van der Waals surface area contributed by atoms with E-state index in [0.717, 1.165) is 25.7 Å². The lowest BCUT2D eigenvalue weighted by Crippen LogP contribution is -2.40. The summed E-state index contributed by atoms with van der Waals surface area (Å²) in [6, 6.07) is 3.87. The van der Waals surface area contributed by atoms with Crippen LogP contribution in [0.25, 0.3) is 0 Å². The number of hydrogen-bond donors (Lipinski definition) is 2. The SMILES string of the molecule is COc1cc(C(=O)NC2CCC(N)CC2)cc(OC)c1Br.Cl. The van der Waals surface area contributed by atoms with Crippen molar-refractivity contribution < 1.29 is 14.3 Å². The van der Waals surface area contributed by atoms with E-state index < -0.39 is 0 Å². The van der Waals surface area contributed by atoms with Gasteiger partial charge in [-0.25, -0.2) is 0 Å². The van der Waals surface area contributed by atoms with Crippen molar-refractivity contribution >= 4 is 34.2 Å². The number of nitrogens with one attached hydrogen (secondary N) is 1. The quantitative estimate of drug-likeness (QED) is 0.825. The van der Waals surface area contributed by atoms with Crippen LogP contribution >= 0.6 is 28.3 Å². The minimum atomic E-state index is -0.112. The second-order valence-electron chi connectivity index (χ2n) is 5.28. The molecular weight excluding hydrogens is 372 g/mol. The third kappa shape index (κ3) is 4.51. The van der Waals surface area contributed by atoms with Crippen molar-refractivity contribution in [2.24, 2.45) is 5.73 Å². The fourth-order valence-electron chi connectivity index (χ4n) is 2.53. The molecule has 1 aromatic rings. The Morgan fingerprint density at radius 1 is 1.18 bits per heavy atom. The molecule has 1 aliphatic rings. The summed E-state index contributed by atoms with van der Waals surface area (Å²) in [5, 5.41) is 3.06. The van der Waals surface area contributed by atoms with E-state index in [-0.39, 0.29) is 30.4 Å². The van der Waals surface area contributed by atoms with E-state index in [1.165, 1.54) is 0 Å². The van der Waals surface area contributed by atoms with Gasteiger partial charge in [-0.3, -0.25) is 4.79 Å². The first-order chi connectivity index (χ1) is 10.0. The molecular formula is C15H22BrClN2O3. The van der Waals surface area contributed by atoms with E-state index in [4.69, 9.17) is 15.2 Å². The van der Waals surface area contributed by atoms with Crippen molar-refractivity contribution in [3.8, 4) is 11.5 Å². The zero-order valence-electron chi connectivity index (χ0n) is 12.7. The molecule has 3 N–H and O–H groups in total. The number of rotatable bonds is 4. The van der Waals surface area contributed by atoms with Crippen molar-refractivity contribution in [2.75, 3.05) is 14.2 Å². The molecule has 1 amide bonds. The molecule has 0 radical (unpaired) electrons. The highest BCUT2D eigenvalue weighted by molar-refractivity contribution is 9.10. The normalized spacial score (nSPS) is 20.7. The number of amides is 1. The fourth-order valence-corrected chi connectivity index (χ4v) is 3.09. The third-order valence-electron chi connectivity index (χ3n) is 3.81. The van der Waals surface area contributed by atoms with Crippen LogP contribution in [-0.2, 0) is 0 Å². The highest BCUT2D eigenvalue weighted by atomic mass is 79.9. The summed E-state index contributed by atoms with van der Waals surface area (Å²) in [6.07, 6.45) is 3.77. The fraction of sp³-hybridized carbons (Fsp3) is 0.533. The first-order valence-corrected chi connectivity index (χ1v) is 7.82. The Morgan fingerprint density at radius 2 is 1.68 bits per heavy atom. The number of carbonyl (C=O) groups excluding carboxylic acids is 1. The Hall–Kier alpha value is -0.980. The van der Waals surface area contributed by atoms with E-state index in [1.54, 1.807) is 26.4 Å². The molecule has 22 heavy (non-hydrogen) atoms. The molecule has 124 valence electrons. The van der Waals surface area contributed by atoms with Gasteiger partial charge in [0.05, 0.1) is 14.2 Å². The van der Waals surface area contributed by atoms with Crippen LogP contribution in [0.4, 0.5) is 0 Å². The standard InChI is InChI=1S/C15H21BrN2O3.ClH/c1-20-12-7-9(8-13(21-2)14(12)16)15(19)18-11-5-3-10(17)4-6-11;/h7-8,10-11H,3-6,17H2,1-2H3,(H,18,19);1H. The second-order valence-corrected chi connectivity index (χ2v) is 6.07. The lowest BCUT2D eigenvalue weighted by Gasteiger charge is -2.27. The van der Waals surface area contributed by atoms with Gasteiger partial charge >= 0.3 is 0 Å². The number of methoxy groups -OCH3 is 2. The van der Waals surface area contributed by atoms with Crippen LogP contribution < -0.4 is 20.5 Å². The molecule has 0 bridgehead atoms. The smallest absolute Gasteiger partial charge is 0.251 e. The summed E-state index contributed by atoms with van der Waals surface area (Å²) < 4.78 is 11.2. The van der Waals surface area contributed by atoms with Crippen molar-refractivity contribution in [3.63, 3.8) is 0 Å². The Labute approximate surface area is 145 Å². The van der Waals surface area contributed by atoms with Gasteiger partial charge in [0.1, 0.15) is 16.0 Å². The average molecular weight is 394 g/mol. The minimum absolute atomic E-state index is 0. The maximum absolute atomic E-state index is 12.4. The van der Waals surface area contributed by atoms with E-state index >= 15 is 0 Å². The summed E-state index contributed by atoms with van der Waals surface area (Å²) >= 11 is 3.39. The highest BCUT2D eigenvalue weighted by Gasteiger charge is 2.21. The van der Waals surface area contributed by atoms with Gasteiger partial charge in [-0.2, -0.15) is 0 Å². The molecule has 1 fully saturated rings. The molecule has 0 aliphatic heterocycles. The molecule has 0 unspecified atom stereocenters. The van der Waals surface area contributed by atoms with Crippen LogP contribution in [-0.4, -0.2) is 32.2 Å². The van der Waals surface area contributed by atoms with Gasteiger partial charge in [0.25, 0.3) is 5.91 Å². The van der Waals surface area contributed by atoms with Crippen molar-refractivity contribution in [1.29, 1.82) is 0 Å². The van der Waals surface area contributed by atoms with E-state index in [1.807, 2.05) is 0 Å². The Balaban J connectivity index is 0.00000242. The summed E-state index contributed by atoms with van der Waals surface area (Å²) in [5.41, 5.74) is 6.41. The van der Waals surface area contributed by atoms with Gasteiger partial charge < -0.3 is 20.5 Å². The molecule has 2 rings (SSSR count). The lowest BCUT2D eigenvalue weighted by atomic mass is 9.91. The number of benzene rings is 1. The van der Waals surface area contributed by atoms with Crippen molar-refractivity contribution in [1.82, 2.24) is 5.32 Å². The maximum Gasteiger partial charge on any atom is 0.251 e. The second kappa shape index (κ2) is 8.60. The molecule has 7 heteroatoms. The highest BCUT2D eigenvalue weighted by Crippen LogP contribution is 2.35. The zero-order chi connectivity index (χ0) is 15.4. The molecule has 0 heterocycles. The average Bonchev–Trinajstić information content (AvgIpc) is 2.49. The maximum atomic E-state index is 12.4. The zero-order valence-corrected chi connectivity index (χ0v) is 15.1. The van der Waals surface area contributed by atoms with Gasteiger partial charge in [-0.1, -0.05) is 0 Å². The lowest BCUT2D eigenvalue weighted by molar-refractivity contribution is 0.0925. The molecule has 0 spiro atoms. The van der Waals surface area contributed by atoms with Crippen molar-refractivity contribution in [2.45, 2.75) is 37.8 Å². The predicted octanol–water partition coefficient (Wildman–Crippen LogP) is 2.89. The number of ether oxygens (including phenoxy) is 2. The van der Waals surface area contributed by atoms with Crippen LogP contribution in [0.3, 0.4) is 0 Å². The van der Waals surface area contributed by atoms with E-state index in [9.17, 15) is 4.79 Å². The van der Waals surface area contributed by atoms with Gasteiger partial charge in [-0.15, -0.1) is 12.4 Å². The number of halogens is 2. The van der Waals surface area contributed by atoms with E-state index in [2.05, 4.69) is 21.2 Å². The topological polar surface area (TPSA) is 73.6 Å². The molecule has 0 saturated heterocycles. The number of nitrogens with two attached hydrogens (primary N) is 1. The number of carbonyl (C=O) groups is 1. The molecule has 1 aromatic carbocycles. The van der Waals surface area contributed by atoms with Crippen LogP contribution in [0, 0.1) is 0 Å². The monoisotopic (exact) mass is 392 g/mol. The van der Waals surface area contributed by atoms with Crippen LogP contribution in [0.2, 0.25) is 0 Å². The van der Waals surface area contributed by atoms with Gasteiger partial charge in [0, 0.05) is 17.6 Å². The molecule has 1 saturated carbocycles. The van der Waals surface area contributed by atoms with Crippen LogP contribution in [0.1, 0.15) is 36.0 Å². The summed E-state index contributed by atoms with van der Waals surface area (Å²) in [5.74, 6) is 1.04. The largest absolute Gasteiger partial charge is 0.495 e. The van der Waals surface area contributed by atoms with Crippen LogP contribution in [0.15, 0.2) is 16.6 Å². The first-order valence-electron chi connectivity index (χ1n) is 7.03. The van der Waals surface area contributed by atoms with Crippen molar-refractivity contribution in [3.05, 3.63) is 22.2 Å². The number of hydrogen-bond acceptors (Lipinski definition) is 4. The Kier molecular flexibility index (Phi) is 7.45.